The summed E-state index contributed by atoms with van der Waals surface area (Å²) in [5, 5.41) is 4.61. The highest BCUT2D eigenvalue weighted by molar-refractivity contribution is 7.18. The summed E-state index contributed by atoms with van der Waals surface area (Å²) >= 11 is 1.72. The second-order valence-corrected chi connectivity index (χ2v) is 8.81. The number of nitrogens with zero attached hydrogens (tertiary/aromatic N) is 2. The predicted molar refractivity (Wildman–Crippen MR) is 106 cm³/mol. The first-order chi connectivity index (χ1) is 12.7. The van der Waals surface area contributed by atoms with Crippen LogP contribution in [0.5, 0.6) is 0 Å². The van der Waals surface area contributed by atoms with Crippen molar-refractivity contribution in [2.24, 2.45) is 0 Å². The number of thiophene rings is 1. The monoisotopic (exact) mass is 365 g/mol. The van der Waals surface area contributed by atoms with Crippen molar-refractivity contribution >= 4 is 21.6 Å². The summed E-state index contributed by atoms with van der Waals surface area (Å²) in [5.41, 5.74) is 3.74. The number of fused-ring (bicyclic) bond motifs is 3. The normalized spacial score (nSPS) is 19.7. The van der Waals surface area contributed by atoms with E-state index in [2.05, 4.69) is 41.5 Å². The summed E-state index contributed by atoms with van der Waals surface area (Å²) in [6.45, 7) is 2.66. The molecule has 0 saturated heterocycles. The molecule has 1 saturated carbocycles. The van der Waals surface area contributed by atoms with Crippen LogP contribution >= 0.6 is 11.3 Å². The summed E-state index contributed by atoms with van der Waals surface area (Å²) in [4.78, 5) is 20.0. The second kappa shape index (κ2) is 6.32. The fraction of sp³-hybridized carbons (Fsp3) is 0.429. The summed E-state index contributed by atoms with van der Waals surface area (Å²) in [6, 6.07) is 9.66. The van der Waals surface area contributed by atoms with Crippen molar-refractivity contribution in [3.63, 3.8) is 0 Å². The van der Waals surface area contributed by atoms with Crippen LogP contribution in [-0.2, 0) is 19.4 Å². The molecule has 134 valence electrons. The Balaban J connectivity index is 1.48. The molecule has 2 aromatic heterocycles. The molecule has 0 unspecified atom stereocenters. The van der Waals surface area contributed by atoms with Crippen LogP contribution in [-0.4, -0.2) is 21.6 Å². The third kappa shape index (κ3) is 2.99. The van der Waals surface area contributed by atoms with Gasteiger partial charge in [0.1, 0.15) is 4.83 Å². The van der Waals surface area contributed by atoms with Crippen LogP contribution in [0.3, 0.4) is 0 Å². The number of nitrogens with one attached hydrogen (secondary N) is 1. The molecule has 1 N–H and O–H groups in total. The van der Waals surface area contributed by atoms with Crippen LogP contribution in [0.2, 0.25) is 0 Å². The first-order valence-electron chi connectivity index (χ1n) is 9.48. The number of aryl methyl sites for hydroxylation is 2. The summed E-state index contributed by atoms with van der Waals surface area (Å²) < 4.78 is 1.76. The standard InChI is InChI=1S/C21H23N3OS/c1-13-2-4-14(5-3-13)11-24-12-22-20-19(21(24)25)17-9-8-16(10-18(17)26-20)23-15-6-7-15/h2-5,12,15-16,23H,6-11H2,1H3/t16-/m1/s1. The van der Waals surface area contributed by atoms with E-state index in [-0.39, 0.29) is 5.56 Å². The average molecular weight is 366 g/mol. The molecule has 0 bridgehead atoms. The van der Waals surface area contributed by atoms with Gasteiger partial charge < -0.3 is 5.32 Å². The maximum atomic E-state index is 13.1. The van der Waals surface area contributed by atoms with Crippen LogP contribution in [0.25, 0.3) is 10.2 Å². The number of benzene rings is 1. The molecule has 0 spiro atoms. The summed E-state index contributed by atoms with van der Waals surface area (Å²) in [7, 11) is 0. The van der Waals surface area contributed by atoms with Gasteiger partial charge in [-0.15, -0.1) is 11.3 Å². The molecule has 0 aliphatic heterocycles. The van der Waals surface area contributed by atoms with Crippen molar-refractivity contribution in [1.29, 1.82) is 0 Å². The molecule has 0 radical (unpaired) electrons. The molecule has 5 rings (SSSR count). The lowest BCUT2D eigenvalue weighted by Crippen LogP contribution is -2.35. The summed E-state index contributed by atoms with van der Waals surface area (Å²) in [5.74, 6) is 0. The minimum Gasteiger partial charge on any atom is -0.311 e. The minimum absolute atomic E-state index is 0.113. The van der Waals surface area contributed by atoms with Gasteiger partial charge in [-0.2, -0.15) is 0 Å². The maximum Gasteiger partial charge on any atom is 0.262 e. The number of aromatic nitrogens is 2. The third-order valence-corrected chi connectivity index (χ3v) is 6.72. The predicted octanol–water partition coefficient (Wildman–Crippen LogP) is 3.42. The van der Waals surface area contributed by atoms with E-state index < -0.39 is 0 Å². The van der Waals surface area contributed by atoms with E-state index in [0.717, 1.165) is 41.1 Å². The van der Waals surface area contributed by atoms with E-state index in [1.165, 1.54) is 28.8 Å². The topological polar surface area (TPSA) is 46.9 Å². The molecule has 5 heteroatoms. The molecule has 1 fully saturated rings. The second-order valence-electron chi connectivity index (χ2n) is 7.73. The molecule has 1 atom stereocenters. The van der Waals surface area contributed by atoms with E-state index in [9.17, 15) is 4.79 Å². The largest absolute Gasteiger partial charge is 0.311 e. The third-order valence-electron chi connectivity index (χ3n) is 5.56. The molecule has 2 heterocycles. The molecular weight excluding hydrogens is 342 g/mol. The van der Waals surface area contributed by atoms with Crippen LogP contribution in [0.15, 0.2) is 35.4 Å². The fourth-order valence-corrected chi connectivity index (χ4v) is 5.19. The van der Waals surface area contributed by atoms with Gasteiger partial charge in [-0.05, 0) is 50.2 Å². The first-order valence-corrected chi connectivity index (χ1v) is 10.3. The molecule has 3 aromatic rings. The molecular formula is C21H23N3OS. The SMILES string of the molecule is Cc1ccc(Cn2cnc3sc4c(c3c2=O)CC[C@@H](NC2CC2)C4)cc1. The van der Waals surface area contributed by atoms with Gasteiger partial charge in [-0.25, -0.2) is 4.98 Å². The summed E-state index contributed by atoms with van der Waals surface area (Å²) in [6.07, 6.45) is 7.52. The minimum atomic E-state index is 0.113. The van der Waals surface area contributed by atoms with Crippen molar-refractivity contribution < 1.29 is 0 Å². The van der Waals surface area contributed by atoms with Gasteiger partial charge in [-0.1, -0.05) is 29.8 Å². The lowest BCUT2D eigenvalue weighted by Gasteiger charge is -2.23. The maximum absolute atomic E-state index is 13.1. The Kier molecular flexibility index (Phi) is 3.94. The van der Waals surface area contributed by atoms with E-state index in [0.29, 0.717) is 12.6 Å². The highest BCUT2D eigenvalue weighted by atomic mass is 32.1. The fourth-order valence-electron chi connectivity index (χ4n) is 3.93. The van der Waals surface area contributed by atoms with Gasteiger partial charge in [0.15, 0.2) is 0 Å². The van der Waals surface area contributed by atoms with Gasteiger partial charge >= 0.3 is 0 Å². The molecule has 0 amide bonds. The van der Waals surface area contributed by atoms with Gasteiger partial charge in [0, 0.05) is 17.0 Å². The van der Waals surface area contributed by atoms with Crippen molar-refractivity contribution in [2.45, 2.75) is 57.7 Å². The van der Waals surface area contributed by atoms with E-state index in [1.54, 1.807) is 22.2 Å². The van der Waals surface area contributed by atoms with Gasteiger partial charge in [0.05, 0.1) is 18.3 Å². The average Bonchev–Trinajstić information content (AvgIpc) is 3.37. The first kappa shape index (κ1) is 16.2. The van der Waals surface area contributed by atoms with Gasteiger partial charge in [0.2, 0.25) is 0 Å². The Labute approximate surface area is 156 Å². The van der Waals surface area contributed by atoms with Crippen molar-refractivity contribution in [1.82, 2.24) is 14.9 Å². The Morgan fingerprint density at radius 2 is 2.00 bits per heavy atom. The number of rotatable bonds is 4. The van der Waals surface area contributed by atoms with E-state index in [4.69, 9.17) is 0 Å². The molecule has 2 aliphatic carbocycles. The Bertz CT molecular complexity index is 1010. The highest BCUT2D eigenvalue weighted by Gasteiger charge is 2.29. The van der Waals surface area contributed by atoms with Crippen molar-refractivity contribution in [3.8, 4) is 0 Å². The number of hydrogen-bond donors (Lipinski definition) is 1. The van der Waals surface area contributed by atoms with Crippen molar-refractivity contribution in [2.75, 3.05) is 0 Å². The quantitative estimate of drug-likeness (QED) is 0.771. The van der Waals surface area contributed by atoms with E-state index in [1.807, 2.05) is 0 Å². The highest BCUT2D eigenvalue weighted by Crippen LogP contribution is 2.34. The molecule has 2 aliphatic rings. The lowest BCUT2D eigenvalue weighted by molar-refractivity contribution is 0.461. The van der Waals surface area contributed by atoms with Gasteiger partial charge in [-0.3, -0.25) is 9.36 Å². The molecule has 1 aromatic carbocycles. The van der Waals surface area contributed by atoms with Crippen LogP contribution in [0, 0.1) is 6.92 Å². The zero-order valence-corrected chi connectivity index (χ0v) is 15.8. The zero-order chi connectivity index (χ0) is 17.7. The van der Waals surface area contributed by atoms with Crippen molar-refractivity contribution in [3.05, 3.63) is 62.5 Å². The number of hydrogen-bond acceptors (Lipinski definition) is 4. The molecule has 26 heavy (non-hydrogen) atoms. The zero-order valence-electron chi connectivity index (χ0n) is 15.0. The van der Waals surface area contributed by atoms with E-state index >= 15 is 0 Å². The van der Waals surface area contributed by atoms with Crippen LogP contribution in [0.4, 0.5) is 0 Å². The van der Waals surface area contributed by atoms with Crippen LogP contribution in [0.1, 0.15) is 40.8 Å². The van der Waals surface area contributed by atoms with Crippen LogP contribution < -0.4 is 10.9 Å². The lowest BCUT2D eigenvalue weighted by atomic mass is 9.93. The Morgan fingerprint density at radius 1 is 1.19 bits per heavy atom. The molecule has 4 nitrogen and oxygen atoms in total. The Hall–Kier alpha value is -1.98. The van der Waals surface area contributed by atoms with Gasteiger partial charge in [0.25, 0.3) is 5.56 Å². The Morgan fingerprint density at radius 3 is 2.77 bits per heavy atom. The smallest absolute Gasteiger partial charge is 0.262 e.